The predicted molar refractivity (Wildman–Crippen MR) is 215 cm³/mol. The largest absolute Gasteiger partial charge is 0.493 e. The monoisotopic (exact) mass is 821 g/mol. The number of azo groups is 2. The maximum Gasteiger partial charge on any atom is 0.273 e. The molecule has 5 aromatic rings. The number of epoxide rings is 2. The van der Waals surface area contributed by atoms with Crippen LogP contribution in [0.2, 0.25) is 0 Å². The van der Waals surface area contributed by atoms with E-state index in [1.54, 1.807) is 42.5 Å². The van der Waals surface area contributed by atoms with Crippen molar-refractivity contribution in [2.24, 2.45) is 20.5 Å². The molecule has 4 atom stereocenters. The van der Waals surface area contributed by atoms with E-state index in [9.17, 15) is 44.7 Å². The SMILES string of the molecule is Cc1c(N=Nc2ccccc2C(=O)C2CO2)c(O)n(C(C)N(C(=O)c2ccccc2)C(C)n2c(O)c(N=Nc3ccccc3C(=O)C3CO3)c(C)c(C#N)c2=O)c(=O)c1C#N. The molecule has 61 heavy (non-hydrogen) atoms. The molecular formula is C43H35N9O9. The zero-order valence-electron chi connectivity index (χ0n) is 33.0. The van der Waals surface area contributed by atoms with Crippen LogP contribution >= 0.6 is 0 Å². The van der Waals surface area contributed by atoms with Crippen molar-refractivity contribution in [2.75, 3.05) is 13.2 Å². The smallest absolute Gasteiger partial charge is 0.273 e. The third kappa shape index (κ3) is 7.72. The molecule has 2 aliphatic rings. The minimum Gasteiger partial charge on any atom is -0.493 e. The highest BCUT2D eigenvalue weighted by molar-refractivity contribution is 6.05. The quantitative estimate of drug-likeness (QED) is 0.0721. The standard InChI is InChI=1S/C43H35N9O9/c1-22-29(18-44)40(56)51(42(58)35(22)48-46-31-16-10-8-14-27(31)37(53)33-20-60-33)24(3)50(39(55)26-12-6-5-7-13-26)25(4)52-41(57)30(19-45)23(2)36(43(52)59)49-47-32-17-11-9-15-28(32)38(54)34-21-61-34/h5-17,24-25,33-34,58-59H,20-21H2,1-4H3. The molecular weight excluding hydrogens is 787 g/mol. The van der Waals surface area contributed by atoms with Crippen LogP contribution < -0.4 is 11.1 Å². The zero-order chi connectivity index (χ0) is 43.7. The fourth-order valence-electron chi connectivity index (χ4n) is 6.87. The molecule has 1 amide bonds. The number of carbonyl (C=O) groups is 3. The molecule has 0 aliphatic carbocycles. The number of pyridine rings is 2. The van der Waals surface area contributed by atoms with Gasteiger partial charge in [-0.15, -0.1) is 20.5 Å². The molecule has 4 unspecified atom stereocenters. The molecule has 18 heteroatoms. The van der Waals surface area contributed by atoms with Crippen molar-refractivity contribution in [2.45, 2.75) is 52.2 Å². The highest BCUT2D eigenvalue weighted by atomic mass is 16.6. The van der Waals surface area contributed by atoms with Gasteiger partial charge in [0.1, 0.15) is 47.8 Å². The summed E-state index contributed by atoms with van der Waals surface area (Å²) >= 11 is 0. The lowest BCUT2D eigenvalue weighted by molar-refractivity contribution is 0.0342. The zero-order valence-corrected chi connectivity index (χ0v) is 33.0. The van der Waals surface area contributed by atoms with Gasteiger partial charge in [-0.25, -0.2) is 0 Å². The Kier molecular flexibility index (Phi) is 11.3. The molecule has 0 saturated carbocycles. The number of carbonyl (C=O) groups excluding carboxylic acids is 3. The van der Waals surface area contributed by atoms with Gasteiger partial charge in [-0.3, -0.25) is 38.0 Å². The van der Waals surface area contributed by atoms with E-state index in [0.717, 1.165) is 4.90 Å². The molecule has 0 bridgehead atoms. The van der Waals surface area contributed by atoms with Crippen molar-refractivity contribution in [1.29, 1.82) is 10.5 Å². The average Bonchev–Trinajstić information content (AvgIpc) is 4.19. The number of benzene rings is 3. The van der Waals surface area contributed by atoms with E-state index >= 15 is 0 Å². The molecule has 2 aliphatic heterocycles. The number of Topliss-reactive ketones (excluding diaryl/α,β-unsaturated/α-hetero) is 2. The van der Waals surface area contributed by atoms with E-state index in [1.165, 1.54) is 64.1 Å². The summed E-state index contributed by atoms with van der Waals surface area (Å²) in [6.07, 6.45) is -4.39. The summed E-state index contributed by atoms with van der Waals surface area (Å²) in [7, 11) is 0. The summed E-state index contributed by atoms with van der Waals surface area (Å²) < 4.78 is 11.7. The van der Waals surface area contributed by atoms with Crippen LogP contribution in [0, 0.1) is 36.5 Å². The number of hydrogen-bond acceptors (Lipinski definition) is 15. The molecule has 306 valence electrons. The van der Waals surface area contributed by atoms with Crippen LogP contribution in [-0.4, -0.2) is 67.1 Å². The number of aromatic hydroxyl groups is 2. The van der Waals surface area contributed by atoms with Crippen LogP contribution in [0.1, 0.15) is 79.5 Å². The third-order valence-electron chi connectivity index (χ3n) is 10.3. The molecule has 4 heterocycles. The van der Waals surface area contributed by atoms with Gasteiger partial charge in [0.05, 0.1) is 24.6 Å². The van der Waals surface area contributed by atoms with E-state index in [1.807, 2.05) is 12.1 Å². The second kappa shape index (κ2) is 16.7. The maximum atomic E-state index is 14.6. The molecule has 2 saturated heterocycles. The van der Waals surface area contributed by atoms with Gasteiger partial charge in [0.25, 0.3) is 17.0 Å². The van der Waals surface area contributed by atoms with Crippen molar-refractivity contribution < 1.29 is 34.1 Å². The van der Waals surface area contributed by atoms with Gasteiger partial charge in [-0.2, -0.15) is 10.5 Å². The maximum absolute atomic E-state index is 14.6. The molecule has 2 aromatic heterocycles. The molecule has 2 fully saturated rings. The van der Waals surface area contributed by atoms with Crippen LogP contribution in [-0.2, 0) is 9.47 Å². The first-order chi connectivity index (χ1) is 29.3. The van der Waals surface area contributed by atoms with Gasteiger partial charge in [0, 0.05) is 27.8 Å². The Hall–Kier alpha value is -7.93. The van der Waals surface area contributed by atoms with Crippen molar-refractivity contribution in [1.82, 2.24) is 14.0 Å². The second-order valence-corrected chi connectivity index (χ2v) is 14.1. The minimum absolute atomic E-state index is 0.0585. The summed E-state index contributed by atoms with van der Waals surface area (Å²) in [5, 5.41) is 60.9. The number of ether oxygens (including phenoxy) is 2. The lowest BCUT2D eigenvalue weighted by atomic mass is 10.1. The van der Waals surface area contributed by atoms with E-state index < -0.39 is 64.5 Å². The lowest BCUT2D eigenvalue weighted by Gasteiger charge is -2.37. The van der Waals surface area contributed by atoms with Gasteiger partial charge in [-0.05, 0) is 64.1 Å². The topological polar surface area (TPSA) is 261 Å². The summed E-state index contributed by atoms with van der Waals surface area (Å²) in [5.74, 6) is -3.14. The van der Waals surface area contributed by atoms with Crippen LogP contribution in [0.25, 0.3) is 0 Å². The van der Waals surface area contributed by atoms with E-state index in [0.29, 0.717) is 9.13 Å². The first-order valence-corrected chi connectivity index (χ1v) is 18.8. The minimum atomic E-state index is -1.57. The Balaban J connectivity index is 1.38. The Labute approximate surface area is 346 Å². The van der Waals surface area contributed by atoms with Crippen LogP contribution in [0.3, 0.4) is 0 Å². The van der Waals surface area contributed by atoms with Crippen LogP contribution in [0.5, 0.6) is 11.8 Å². The summed E-state index contributed by atoms with van der Waals surface area (Å²) in [5.41, 5.74) is -3.16. The first-order valence-electron chi connectivity index (χ1n) is 18.8. The molecule has 3 aromatic carbocycles. The number of amides is 1. The van der Waals surface area contributed by atoms with Gasteiger partial charge in [0.15, 0.2) is 22.9 Å². The molecule has 7 rings (SSSR count). The van der Waals surface area contributed by atoms with Crippen LogP contribution in [0.15, 0.2) is 109 Å². The van der Waals surface area contributed by atoms with E-state index in [-0.39, 0.29) is 75.3 Å². The number of nitrogens with zero attached hydrogens (tertiary/aromatic N) is 9. The number of aromatic nitrogens is 2. The number of nitriles is 2. The summed E-state index contributed by atoms with van der Waals surface area (Å²) in [4.78, 5) is 69.6. The Morgan fingerprint density at radius 2 is 1.05 bits per heavy atom. The first kappa shape index (κ1) is 41.2. The highest BCUT2D eigenvalue weighted by Crippen LogP contribution is 2.40. The van der Waals surface area contributed by atoms with Gasteiger partial charge >= 0.3 is 0 Å². The fourth-order valence-corrected chi connectivity index (χ4v) is 6.87. The summed E-state index contributed by atoms with van der Waals surface area (Å²) in [6.45, 7) is 5.89. The molecule has 0 spiro atoms. The lowest BCUT2D eigenvalue weighted by Crippen LogP contribution is -2.46. The fraction of sp³-hybridized carbons (Fsp3) is 0.233. The second-order valence-electron chi connectivity index (χ2n) is 14.1. The summed E-state index contributed by atoms with van der Waals surface area (Å²) in [6, 6.07) is 23.9. The molecule has 18 nitrogen and oxygen atoms in total. The molecule has 2 N–H and O–H groups in total. The van der Waals surface area contributed by atoms with Gasteiger partial charge in [-0.1, -0.05) is 42.5 Å². The average molecular weight is 822 g/mol. The Bertz CT molecular complexity index is 2730. The highest BCUT2D eigenvalue weighted by Gasteiger charge is 2.37. The Morgan fingerprint density at radius 3 is 1.43 bits per heavy atom. The predicted octanol–water partition coefficient (Wildman–Crippen LogP) is 6.65. The molecule has 0 radical (unpaired) electrons. The number of hydrogen-bond donors (Lipinski definition) is 2. The van der Waals surface area contributed by atoms with Crippen LogP contribution in [0.4, 0.5) is 22.7 Å². The number of rotatable bonds is 13. The Morgan fingerprint density at radius 1 is 0.672 bits per heavy atom. The third-order valence-corrected chi connectivity index (χ3v) is 10.3. The van der Waals surface area contributed by atoms with E-state index in [2.05, 4.69) is 20.5 Å². The number of ketones is 2. The van der Waals surface area contributed by atoms with Crippen molar-refractivity contribution >= 4 is 40.2 Å². The van der Waals surface area contributed by atoms with Crippen molar-refractivity contribution in [3.05, 3.63) is 139 Å². The van der Waals surface area contributed by atoms with Gasteiger partial charge in [0.2, 0.25) is 11.8 Å². The van der Waals surface area contributed by atoms with Crippen molar-refractivity contribution in [3.8, 4) is 23.9 Å². The van der Waals surface area contributed by atoms with Gasteiger partial charge < -0.3 is 19.7 Å². The van der Waals surface area contributed by atoms with Crippen molar-refractivity contribution in [3.63, 3.8) is 0 Å². The van der Waals surface area contributed by atoms with E-state index in [4.69, 9.17) is 9.47 Å². The normalized spacial score (nSPS) is 16.4.